The number of likely N-dealkylation sites (tertiary alicyclic amines) is 2. The van der Waals surface area contributed by atoms with Gasteiger partial charge in [-0.05, 0) is 37.0 Å². The molecule has 0 aliphatic carbocycles. The summed E-state index contributed by atoms with van der Waals surface area (Å²) in [5.74, 6) is 0.842. The molecule has 3 atom stereocenters. The number of nitrogens with zero attached hydrogens (tertiary/aromatic N) is 2. The number of benzene rings is 1. The lowest BCUT2D eigenvalue weighted by Gasteiger charge is -2.27. The maximum atomic E-state index is 13.0. The summed E-state index contributed by atoms with van der Waals surface area (Å²) in [7, 11) is 1.64. The van der Waals surface area contributed by atoms with Gasteiger partial charge in [-0.25, -0.2) is 0 Å². The maximum absolute atomic E-state index is 13.0. The third-order valence-corrected chi connectivity index (χ3v) is 5.93. The van der Waals surface area contributed by atoms with Gasteiger partial charge in [0.05, 0.1) is 13.0 Å². The summed E-state index contributed by atoms with van der Waals surface area (Å²) in [6, 6.07) is 8.74. The molecule has 2 amide bonds. The van der Waals surface area contributed by atoms with Crippen molar-refractivity contribution in [2.45, 2.75) is 44.3 Å². The van der Waals surface area contributed by atoms with Crippen LogP contribution < -0.4 is 10.1 Å². The van der Waals surface area contributed by atoms with Crippen molar-refractivity contribution in [3.63, 3.8) is 0 Å². The van der Waals surface area contributed by atoms with Gasteiger partial charge in [0.2, 0.25) is 11.8 Å². The largest absolute Gasteiger partial charge is 0.497 e. The zero-order valence-electron chi connectivity index (χ0n) is 15.3. The second-order valence-corrected chi connectivity index (χ2v) is 7.73. The van der Waals surface area contributed by atoms with E-state index in [-0.39, 0.29) is 17.7 Å². The number of hydrogen-bond donors (Lipinski definition) is 1. The fourth-order valence-electron chi connectivity index (χ4n) is 4.44. The number of amides is 2. The third-order valence-electron chi connectivity index (χ3n) is 5.93. The summed E-state index contributed by atoms with van der Waals surface area (Å²) in [6.07, 6.45) is 3.75. The SMILES string of the molecule is COc1ccc(CN2CC(C(=O)N3CCC4CCC(C3)N4)CC2=O)cc1. The molecule has 3 saturated heterocycles. The fraction of sp³-hybridized carbons (Fsp3) is 0.600. The molecule has 2 bridgehead atoms. The third kappa shape index (κ3) is 3.56. The van der Waals surface area contributed by atoms with Crippen LogP contribution in [0.15, 0.2) is 24.3 Å². The molecule has 3 aliphatic rings. The molecule has 6 nitrogen and oxygen atoms in total. The van der Waals surface area contributed by atoms with Crippen molar-refractivity contribution in [1.29, 1.82) is 0 Å². The molecule has 3 heterocycles. The molecule has 4 rings (SSSR count). The number of carbonyl (C=O) groups excluding carboxylic acids is 2. The van der Waals surface area contributed by atoms with Crippen LogP contribution >= 0.6 is 0 Å². The Morgan fingerprint density at radius 1 is 1.15 bits per heavy atom. The molecule has 26 heavy (non-hydrogen) atoms. The molecule has 0 spiro atoms. The van der Waals surface area contributed by atoms with Crippen molar-refractivity contribution in [3.8, 4) is 5.75 Å². The summed E-state index contributed by atoms with van der Waals surface area (Å²) in [6.45, 7) is 2.69. The van der Waals surface area contributed by atoms with Gasteiger partial charge in [-0.1, -0.05) is 12.1 Å². The first-order chi connectivity index (χ1) is 12.6. The molecule has 0 aromatic heterocycles. The zero-order valence-corrected chi connectivity index (χ0v) is 15.3. The van der Waals surface area contributed by atoms with Gasteiger partial charge >= 0.3 is 0 Å². The lowest BCUT2D eigenvalue weighted by molar-refractivity contribution is -0.136. The normalized spacial score (nSPS) is 28.3. The van der Waals surface area contributed by atoms with E-state index >= 15 is 0 Å². The molecule has 140 valence electrons. The smallest absolute Gasteiger partial charge is 0.228 e. The van der Waals surface area contributed by atoms with E-state index in [9.17, 15) is 9.59 Å². The number of nitrogens with one attached hydrogen (secondary N) is 1. The van der Waals surface area contributed by atoms with Crippen LogP contribution in [-0.4, -0.2) is 60.4 Å². The number of rotatable bonds is 4. The van der Waals surface area contributed by atoms with Crippen LogP contribution in [0.4, 0.5) is 0 Å². The van der Waals surface area contributed by atoms with Crippen molar-refractivity contribution in [3.05, 3.63) is 29.8 Å². The molecule has 0 saturated carbocycles. The van der Waals surface area contributed by atoms with E-state index in [4.69, 9.17) is 4.74 Å². The Bertz CT molecular complexity index is 675. The average molecular weight is 357 g/mol. The summed E-state index contributed by atoms with van der Waals surface area (Å²) < 4.78 is 5.17. The number of hydrogen-bond acceptors (Lipinski definition) is 4. The molecular weight excluding hydrogens is 330 g/mol. The Morgan fingerprint density at radius 2 is 1.92 bits per heavy atom. The van der Waals surface area contributed by atoms with Gasteiger partial charge in [-0.15, -0.1) is 0 Å². The van der Waals surface area contributed by atoms with Crippen LogP contribution in [0.2, 0.25) is 0 Å². The van der Waals surface area contributed by atoms with Gasteiger partial charge in [0.25, 0.3) is 0 Å². The van der Waals surface area contributed by atoms with Crippen LogP contribution in [0, 0.1) is 5.92 Å². The Kier molecular flexibility index (Phi) is 4.85. The average Bonchev–Trinajstić information content (AvgIpc) is 3.17. The van der Waals surface area contributed by atoms with E-state index in [1.54, 1.807) is 7.11 Å². The summed E-state index contributed by atoms with van der Waals surface area (Å²) in [5.41, 5.74) is 1.06. The monoisotopic (exact) mass is 357 g/mol. The van der Waals surface area contributed by atoms with Gasteiger partial charge in [-0.3, -0.25) is 9.59 Å². The number of methoxy groups -OCH3 is 1. The molecule has 0 radical (unpaired) electrons. The predicted octanol–water partition coefficient (Wildman–Crippen LogP) is 1.40. The van der Waals surface area contributed by atoms with Gasteiger partial charge in [0, 0.05) is 44.7 Å². The maximum Gasteiger partial charge on any atom is 0.228 e. The van der Waals surface area contributed by atoms with Crippen molar-refractivity contribution < 1.29 is 14.3 Å². The zero-order chi connectivity index (χ0) is 18.1. The molecule has 1 aromatic carbocycles. The van der Waals surface area contributed by atoms with E-state index < -0.39 is 0 Å². The van der Waals surface area contributed by atoms with Crippen molar-refractivity contribution in [2.75, 3.05) is 26.7 Å². The standard InChI is InChI=1S/C20H27N3O3/c1-26-18-6-2-14(3-7-18)11-23-12-15(10-19(23)24)20(25)22-9-8-16-4-5-17(13-22)21-16/h2-3,6-7,15-17,21H,4-5,8-13H2,1H3. The van der Waals surface area contributed by atoms with Gasteiger partial charge in [-0.2, -0.15) is 0 Å². The molecule has 1 aromatic rings. The highest BCUT2D eigenvalue weighted by atomic mass is 16.5. The highest BCUT2D eigenvalue weighted by Crippen LogP contribution is 2.26. The topological polar surface area (TPSA) is 61.9 Å². The molecule has 3 aliphatic heterocycles. The molecule has 6 heteroatoms. The van der Waals surface area contributed by atoms with E-state index in [2.05, 4.69) is 5.32 Å². The Balaban J connectivity index is 1.36. The molecule has 1 N–H and O–H groups in total. The van der Waals surface area contributed by atoms with Crippen LogP contribution in [0.3, 0.4) is 0 Å². The van der Waals surface area contributed by atoms with Crippen LogP contribution in [0.5, 0.6) is 5.75 Å². The number of ether oxygens (including phenoxy) is 1. The number of carbonyl (C=O) groups is 2. The summed E-state index contributed by atoms with van der Waals surface area (Å²) in [5, 5.41) is 3.61. The minimum atomic E-state index is -0.197. The minimum Gasteiger partial charge on any atom is -0.497 e. The quantitative estimate of drug-likeness (QED) is 0.885. The minimum absolute atomic E-state index is 0.0774. The van der Waals surface area contributed by atoms with Crippen molar-refractivity contribution in [2.24, 2.45) is 5.92 Å². The van der Waals surface area contributed by atoms with Crippen molar-refractivity contribution >= 4 is 11.8 Å². The van der Waals surface area contributed by atoms with Gasteiger partial charge in [0.15, 0.2) is 0 Å². The first-order valence-electron chi connectivity index (χ1n) is 9.58. The lowest BCUT2D eigenvalue weighted by atomic mass is 10.0. The Morgan fingerprint density at radius 3 is 2.69 bits per heavy atom. The first-order valence-corrected chi connectivity index (χ1v) is 9.58. The summed E-state index contributed by atoms with van der Waals surface area (Å²) >= 11 is 0. The highest BCUT2D eigenvalue weighted by molar-refractivity contribution is 5.89. The summed E-state index contributed by atoms with van der Waals surface area (Å²) in [4.78, 5) is 29.2. The van der Waals surface area contributed by atoms with Crippen LogP contribution in [0.1, 0.15) is 31.2 Å². The van der Waals surface area contributed by atoms with Gasteiger partial charge < -0.3 is 19.9 Å². The Hall–Kier alpha value is -2.08. The van der Waals surface area contributed by atoms with E-state index in [0.29, 0.717) is 31.6 Å². The highest BCUT2D eigenvalue weighted by Gasteiger charge is 2.39. The Labute approximate surface area is 154 Å². The number of fused-ring (bicyclic) bond motifs is 2. The van der Waals surface area contributed by atoms with E-state index in [1.165, 1.54) is 6.42 Å². The second kappa shape index (κ2) is 7.27. The molecule has 3 unspecified atom stereocenters. The van der Waals surface area contributed by atoms with Crippen LogP contribution in [0.25, 0.3) is 0 Å². The lowest BCUT2D eigenvalue weighted by Crippen LogP contribution is -2.42. The fourth-order valence-corrected chi connectivity index (χ4v) is 4.44. The van der Waals surface area contributed by atoms with Crippen LogP contribution in [-0.2, 0) is 16.1 Å². The van der Waals surface area contributed by atoms with E-state index in [0.717, 1.165) is 37.2 Å². The first kappa shape index (κ1) is 17.3. The second-order valence-electron chi connectivity index (χ2n) is 7.73. The molecular formula is C20H27N3O3. The van der Waals surface area contributed by atoms with Gasteiger partial charge in [0.1, 0.15) is 5.75 Å². The molecule has 3 fully saturated rings. The van der Waals surface area contributed by atoms with E-state index in [1.807, 2.05) is 34.1 Å². The van der Waals surface area contributed by atoms with Crippen molar-refractivity contribution in [1.82, 2.24) is 15.1 Å². The predicted molar refractivity (Wildman–Crippen MR) is 97.7 cm³/mol.